The Hall–Kier alpha value is -3.32. The minimum atomic E-state index is -0.533. The third-order valence-corrected chi connectivity index (χ3v) is 4.08. The lowest BCUT2D eigenvalue weighted by Gasteiger charge is -2.16. The van der Waals surface area contributed by atoms with Crippen molar-refractivity contribution in [3.8, 4) is 5.75 Å². The first kappa shape index (κ1) is 18.5. The second-order valence-electron chi connectivity index (χ2n) is 5.91. The van der Waals surface area contributed by atoms with Crippen LogP contribution in [0.1, 0.15) is 28.4 Å². The molecule has 2 amide bonds. The number of ether oxygens (including phenoxy) is 1. The summed E-state index contributed by atoms with van der Waals surface area (Å²) < 4.78 is 5.72. The number of nitrogens with one attached hydrogen (secondary N) is 2. The van der Waals surface area contributed by atoms with Gasteiger partial charge in [-0.05, 0) is 54.5 Å². The smallest absolute Gasteiger partial charge is 0.263 e. The van der Waals surface area contributed by atoms with Gasteiger partial charge in [0.15, 0.2) is 10.9 Å². The maximum absolute atomic E-state index is 11.8. The largest absolute Gasteiger partial charge is 0.489 e. The van der Waals surface area contributed by atoms with E-state index in [2.05, 4.69) is 10.6 Å². The number of ketones is 1. The van der Waals surface area contributed by atoms with E-state index in [-0.39, 0.29) is 16.5 Å². The number of amides is 2. The molecule has 0 aromatic heterocycles. The molecule has 7 heteroatoms. The molecule has 27 heavy (non-hydrogen) atoms. The van der Waals surface area contributed by atoms with Gasteiger partial charge in [-0.15, -0.1) is 0 Å². The molecule has 136 valence electrons. The Kier molecular flexibility index (Phi) is 5.42. The molecule has 1 aliphatic rings. The molecule has 1 heterocycles. The SMILES string of the molecule is CC(=O)c1cccc(COc2ccc(C=C3C(=O)NC(=S)NC3=O)cc2)c1. The van der Waals surface area contributed by atoms with Gasteiger partial charge >= 0.3 is 0 Å². The Balaban J connectivity index is 1.67. The summed E-state index contributed by atoms with van der Waals surface area (Å²) in [6.07, 6.45) is 1.48. The van der Waals surface area contributed by atoms with E-state index in [0.29, 0.717) is 23.5 Å². The molecule has 2 aromatic carbocycles. The molecule has 2 N–H and O–H groups in total. The van der Waals surface area contributed by atoms with Crippen LogP contribution in [-0.4, -0.2) is 22.7 Å². The van der Waals surface area contributed by atoms with Crippen LogP contribution in [0.4, 0.5) is 0 Å². The van der Waals surface area contributed by atoms with Crippen molar-refractivity contribution in [2.24, 2.45) is 0 Å². The fourth-order valence-corrected chi connectivity index (χ4v) is 2.67. The fourth-order valence-electron chi connectivity index (χ4n) is 2.48. The van der Waals surface area contributed by atoms with Gasteiger partial charge in [0.2, 0.25) is 0 Å². The molecule has 1 fully saturated rings. The van der Waals surface area contributed by atoms with Crippen molar-refractivity contribution in [2.75, 3.05) is 0 Å². The van der Waals surface area contributed by atoms with Gasteiger partial charge in [0.1, 0.15) is 17.9 Å². The molecule has 0 radical (unpaired) electrons. The van der Waals surface area contributed by atoms with E-state index >= 15 is 0 Å². The van der Waals surface area contributed by atoms with E-state index in [1.54, 1.807) is 36.4 Å². The van der Waals surface area contributed by atoms with Gasteiger partial charge in [0, 0.05) is 5.56 Å². The van der Waals surface area contributed by atoms with Gasteiger partial charge < -0.3 is 4.74 Å². The quantitative estimate of drug-likeness (QED) is 0.360. The van der Waals surface area contributed by atoms with E-state index in [4.69, 9.17) is 17.0 Å². The van der Waals surface area contributed by atoms with Gasteiger partial charge in [0.25, 0.3) is 11.8 Å². The molecular formula is C20H16N2O4S. The Morgan fingerprint density at radius 1 is 1.07 bits per heavy atom. The first-order valence-electron chi connectivity index (χ1n) is 8.13. The minimum Gasteiger partial charge on any atom is -0.489 e. The van der Waals surface area contributed by atoms with Crippen LogP contribution in [0.2, 0.25) is 0 Å². The number of hydrogen-bond acceptors (Lipinski definition) is 5. The molecule has 0 unspecified atom stereocenters. The van der Waals surface area contributed by atoms with Crippen LogP contribution in [-0.2, 0) is 16.2 Å². The van der Waals surface area contributed by atoms with Crippen molar-refractivity contribution in [1.29, 1.82) is 0 Å². The normalized spacial score (nSPS) is 13.7. The van der Waals surface area contributed by atoms with Crippen LogP contribution in [0.5, 0.6) is 5.75 Å². The second-order valence-corrected chi connectivity index (χ2v) is 6.32. The van der Waals surface area contributed by atoms with Gasteiger partial charge in [-0.2, -0.15) is 0 Å². The Labute approximate surface area is 161 Å². The number of rotatable bonds is 5. The monoisotopic (exact) mass is 380 g/mol. The zero-order chi connectivity index (χ0) is 19.4. The van der Waals surface area contributed by atoms with Gasteiger partial charge in [-0.25, -0.2) is 0 Å². The summed E-state index contributed by atoms with van der Waals surface area (Å²) in [5.41, 5.74) is 2.19. The summed E-state index contributed by atoms with van der Waals surface area (Å²) in [5, 5.41) is 4.77. The summed E-state index contributed by atoms with van der Waals surface area (Å²) in [5.74, 6) is -0.432. The molecule has 0 bridgehead atoms. The average Bonchev–Trinajstić information content (AvgIpc) is 2.64. The highest BCUT2D eigenvalue weighted by Gasteiger charge is 2.25. The van der Waals surface area contributed by atoms with Gasteiger partial charge in [-0.1, -0.05) is 30.3 Å². The molecule has 3 rings (SSSR count). The predicted octanol–water partition coefficient (Wildman–Crippen LogP) is 2.38. The maximum Gasteiger partial charge on any atom is 0.263 e. The highest BCUT2D eigenvalue weighted by Crippen LogP contribution is 2.17. The van der Waals surface area contributed by atoms with Crippen LogP contribution in [0, 0.1) is 0 Å². The van der Waals surface area contributed by atoms with Crippen molar-refractivity contribution in [2.45, 2.75) is 13.5 Å². The first-order chi connectivity index (χ1) is 12.9. The molecular weight excluding hydrogens is 364 g/mol. The summed E-state index contributed by atoms with van der Waals surface area (Å²) in [7, 11) is 0. The molecule has 1 aliphatic heterocycles. The number of carbonyl (C=O) groups is 3. The lowest BCUT2D eigenvalue weighted by Crippen LogP contribution is -2.51. The number of benzene rings is 2. The van der Waals surface area contributed by atoms with E-state index in [1.807, 2.05) is 12.1 Å². The van der Waals surface area contributed by atoms with Crippen molar-refractivity contribution in [3.63, 3.8) is 0 Å². The number of Topliss-reactive ketones (excluding diaryl/α,β-unsaturated/α-hetero) is 1. The number of carbonyl (C=O) groups excluding carboxylic acids is 3. The van der Waals surface area contributed by atoms with E-state index in [0.717, 1.165) is 5.56 Å². The lowest BCUT2D eigenvalue weighted by atomic mass is 10.1. The molecule has 0 aliphatic carbocycles. The van der Waals surface area contributed by atoms with Crippen molar-refractivity contribution < 1.29 is 19.1 Å². The van der Waals surface area contributed by atoms with Crippen LogP contribution in [0.25, 0.3) is 6.08 Å². The predicted molar refractivity (Wildman–Crippen MR) is 104 cm³/mol. The summed E-state index contributed by atoms with van der Waals surface area (Å²) in [6.45, 7) is 1.84. The standard InChI is InChI=1S/C20H16N2O4S/c1-12(23)15-4-2-3-14(9-15)11-26-16-7-5-13(6-8-16)10-17-18(24)21-20(27)22-19(17)25/h2-10H,11H2,1H3,(H2,21,22,24,25,27). The van der Waals surface area contributed by atoms with Crippen LogP contribution in [0.15, 0.2) is 54.1 Å². The van der Waals surface area contributed by atoms with E-state index in [9.17, 15) is 14.4 Å². The third-order valence-electron chi connectivity index (χ3n) is 3.87. The highest BCUT2D eigenvalue weighted by atomic mass is 32.1. The van der Waals surface area contributed by atoms with Crippen LogP contribution >= 0.6 is 12.2 Å². The minimum absolute atomic E-state index is 0.000240. The summed E-state index contributed by atoms with van der Waals surface area (Å²) in [4.78, 5) is 35.1. The fraction of sp³-hybridized carbons (Fsp3) is 0.100. The molecule has 1 saturated heterocycles. The van der Waals surface area contributed by atoms with Crippen LogP contribution < -0.4 is 15.4 Å². The molecule has 6 nitrogen and oxygen atoms in total. The van der Waals surface area contributed by atoms with E-state index < -0.39 is 11.8 Å². The summed E-state index contributed by atoms with van der Waals surface area (Å²) >= 11 is 4.76. The Morgan fingerprint density at radius 3 is 2.37 bits per heavy atom. The average molecular weight is 380 g/mol. The van der Waals surface area contributed by atoms with E-state index in [1.165, 1.54) is 13.0 Å². The van der Waals surface area contributed by atoms with Crippen LogP contribution in [0.3, 0.4) is 0 Å². The number of thiocarbonyl (C=S) groups is 1. The Bertz CT molecular complexity index is 942. The molecule has 0 atom stereocenters. The van der Waals surface area contributed by atoms with Crippen molar-refractivity contribution in [3.05, 3.63) is 70.8 Å². The van der Waals surface area contributed by atoms with Gasteiger partial charge in [-0.3, -0.25) is 25.0 Å². The Morgan fingerprint density at radius 2 is 1.74 bits per heavy atom. The molecule has 0 spiro atoms. The number of hydrogen-bond donors (Lipinski definition) is 2. The topological polar surface area (TPSA) is 84.5 Å². The second kappa shape index (κ2) is 7.92. The van der Waals surface area contributed by atoms with Crippen molar-refractivity contribution in [1.82, 2.24) is 10.6 Å². The zero-order valence-corrected chi connectivity index (χ0v) is 15.3. The summed E-state index contributed by atoms with van der Waals surface area (Å²) in [6, 6.07) is 14.2. The zero-order valence-electron chi connectivity index (χ0n) is 14.4. The van der Waals surface area contributed by atoms with Crippen molar-refractivity contribution >= 4 is 41.0 Å². The molecule has 0 saturated carbocycles. The van der Waals surface area contributed by atoms with Gasteiger partial charge in [0.05, 0.1) is 0 Å². The molecule has 2 aromatic rings. The lowest BCUT2D eigenvalue weighted by molar-refractivity contribution is -0.123. The highest BCUT2D eigenvalue weighted by molar-refractivity contribution is 7.80. The third kappa shape index (κ3) is 4.65. The maximum atomic E-state index is 11.8. The first-order valence-corrected chi connectivity index (χ1v) is 8.54.